The minimum atomic E-state index is 0.533. The van der Waals surface area contributed by atoms with Crippen molar-refractivity contribution in [1.29, 1.82) is 0 Å². The van der Waals surface area contributed by atoms with E-state index >= 15 is 0 Å². The lowest BCUT2D eigenvalue weighted by molar-refractivity contribution is 0.687. The molecule has 0 aliphatic carbocycles. The molecular weight excluding hydrogens is 260 g/mol. The molecule has 0 saturated heterocycles. The predicted molar refractivity (Wildman–Crippen MR) is 78.1 cm³/mol. The van der Waals surface area contributed by atoms with Crippen molar-refractivity contribution in [2.75, 3.05) is 5.73 Å². The Morgan fingerprint density at radius 3 is 2.89 bits per heavy atom. The molecule has 96 valence electrons. The highest BCUT2D eigenvalue weighted by molar-refractivity contribution is 6.33. The first-order chi connectivity index (χ1) is 9.20. The lowest BCUT2D eigenvalue weighted by Gasteiger charge is -2.04. The largest absolute Gasteiger partial charge is 0.382 e. The van der Waals surface area contributed by atoms with E-state index in [1.807, 2.05) is 41.9 Å². The highest BCUT2D eigenvalue weighted by Crippen LogP contribution is 2.30. The first kappa shape index (κ1) is 12.0. The van der Waals surface area contributed by atoms with Crippen LogP contribution in [0.1, 0.15) is 6.92 Å². The molecule has 2 heterocycles. The van der Waals surface area contributed by atoms with Crippen molar-refractivity contribution in [3.63, 3.8) is 0 Å². The Balaban J connectivity index is 2.23. The van der Waals surface area contributed by atoms with Gasteiger partial charge in [-0.05, 0) is 31.2 Å². The number of hydrogen-bond donors (Lipinski definition) is 1. The number of nitrogen functional groups attached to an aromatic ring is 1. The van der Waals surface area contributed by atoms with E-state index in [0.717, 1.165) is 28.7 Å². The number of pyridine rings is 1. The zero-order chi connectivity index (χ0) is 13.4. The summed E-state index contributed by atoms with van der Waals surface area (Å²) in [5.74, 6) is 0.533. The molecule has 2 aromatic heterocycles. The van der Waals surface area contributed by atoms with E-state index in [4.69, 9.17) is 17.3 Å². The molecule has 19 heavy (non-hydrogen) atoms. The summed E-state index contributed by atoms with van der Waals surface area (Å²) in [6.45, 7) is 2.83. The van der Waals surface area contributed by atoms with E-state index < -0.39 is 0 Å². The van der Waals surface area contributed by atoms with Gasteiger partial charge in [-0.2, -0.15) is 5.10 Å². The maximum absolute atomic E-state index is 6.17. The number of aromatic nitrogens is 3. The highest BCUT2D eigenvalue weighted by atomic mass is 35.5. The lowest BCUT2D eigenvalue weighted by Crippen LogP contribution is -1.96. The minimum absolute atomic E-state index is 0.533. The van der Waals surface area contributed by atoms with Crippen molar-refractivity contribution in [2.45, 2.75) is 13.5 Å². The van der Waals surface area contributed by atoms with Crippen LogP contribution in [-0.4, -0.2) is 14.8 Å². The molecule has 0 amide bonds. The quantitative estimate of drug-likeness (QED) is 0.778. The smallest absolute Gasteiger partial charge is 0.153 e. The van der Waals surface area contributed by atoms with Gasteiger partial charge in [-0.1, -0.05) is 17.7 Å². The van der Waals surface area contributed by atoms with Gasteiger partial charge in [-0.25, -0.2) is 0 Å². The second-order valence-electron chi connectivity index (χ2n) is 4.27. The van der Waals surface area contributed by atoms with Crippen molar-refractivity contribution in [1.82, 2.24) is 14.8 Å². The van der Waals surface area contributed by atoms with Gasteiger partial charge in [0.15, 0.2) is 5.82 Å². The summed E-state index contributed by atoms with van der Waals surface area (Å²) in [5.41, 5.74) is 8.68. The van der Waals surface area contributed by atoms with Gasteiger partial charge in [0, 0.05) is 23.7 Å². The van der Waals surface area contributed by atoms with Crippen LogP contribution in [0.4, 0.5) is 5.82 Å². The molecule has 1 aromatic carbocycles. The van der Waals surface area contributed by atoms with Crippen molar-refractivity contribution in [3.05, 3.63) is 41.6 Å². The molecule has 0 aliphatic heterocycles. The van der Waals surface area contributed by atoms with E-state index in [-0.39, 0.29) is 0 Å². The van der Waals surface area contributed by atoms with Crippen LogP contribution in [0.25, 0.3) is 22.2 Å². The zero-order valence-corrected chi connectivity index (χ0v) is 11.2. The molecule has 4 nitrogen and oxygen atoms in total. The normalized spacial score (nSPS) is 11.1. The predicted octanol–water partition coefficient (Wildman–Crippen LogP) is 3.35. The lowest BCUT2D eigenvalue weighted by atomic mass is 10.1. The summed E-state index contributed by atoms with van der Waals surface area (Å²) < 4.78 is 1.88. The number of halogens is 1. The summed E-state index contributed by atoms with van der Waals surface area (Å²) in [5, 5.41) is 5.87. The van der Waals surface area contributed by atoms with E-state index in [1.54, 1.807) is 6.20 Å². The number of rotatable bonds is 2. The Morgan fingerprint density at radius 2 is 2.16 bits per heavy atom. The highest BCUT2D eigenvalue weighted by Gasteiger charge is 2.10. The second-order valence-corrected chi connectivity index (χ2v) is 4.67. The zero-order valence-electron chi connectivity index (χ0n) is 10.5. The third kappa shape index (κ3) is 1.94. The van der Waals surface area contributed by atoms with Crippen molar-refractivity contribution < 1.29 is 0 Å². The molecule has 0 saturated carbocycles. The van der Waals surface area contributed by atoms with Gasteiger partial charge >= 0.3 is 0 Å². The Labute approximate surface area is 115 Å². The minimum Gasteiger partial charge on any atom is -0.382 e. The Morgan fingerprint density at radius 1 is 1.32 bits per heavy atom. The summed E-state index contributed by atoms with van der Waals surface area (Å²) in [4.78, 5) is 4.31. The third-order valence-electron chi connectivity index (χ3n) is 3.11. The molecule has 0 unspecified atom stereocenters. The summed E-state index contributed by atoms with van der Waals surface area (Å²) in [6, 6.07) is 9.62. The molecule has 3 aromatic rings. The van der Waals surface area contributed by atoms with E-state index in [2.05, 4.69) is 10.1 Å². The Kier molecular flexibility index (Phi) is 2.87. The summed E-state index contributed by atoms with van der Waals surface area (Å²) >= 11 is 6.17. The molecule has 5 heteroatoms. The van der Waals surface area contributed by atoms with Crippen molar-refractivity contribution >= 4 is 28.3 Å². The van der Waals surface area contributed by atoms with Crippen LogP contribution in [-0.2, 0) is 6.54 Å². The molecular formula is C14H13ClN4. The number of nitrogens with zero attached hydrogens (tertiary/aromatic N) is 3. The van der Waals surface area contributed by atoms with Gasteiger partial charge in [0.2, 0.25) is 0 Å². The van der Waals surface area contributed by atoms with E-state index in [0.29, 0.717) is 10.8 Å². The number of anilines is 1. The number of nitrogens with two attached hydrogens (primary N) is 1. The fourth-order valence-corrected chi connectivity index (χ4v) is 2.42. The first-order valence-corrected chi connectivity index (χ1v) is 6.45. The van der Waals surface area contributed by atoms with E-state index in [1.165, 1.54) is 0 Å². The molecule has 0 atom stereocenters. The van der Waals surface area contributed by atoms with Gasteiger partial charge in [-0.3, -0.25) is 9.67 Å². The number of benzene rings is 1. The third-order valence-corrected chi connectivity index (χ3v) is 3.42. The SMILES string of the molecule is CCn1nc(N)c2cc(-c3ncccc3Cl)ccc21. The molecule has 3 rings (SSSR count). The maximum Gasteiger partial charge on any atom is 0.153 e. The van der Waals surface area contributed by atoms with Crippen LogP contribution >= 0.6 is 11.6 Å². The standard InChI is InChI=1S/C14H13ClN4/c1-2-19-12-6-5-9(8-10(12)14(16)18-19)13-11(15)4-3-7-17-13/h3-8H,2H2,1H3,(H2,16,18). The van der Waals surface area contributed by atoms with Crippen LogP contribution in [0.5, 0.6) is 0 Å². The van der Waals surface area contributed by atoms with Gasteiger partial charge in [-0.15, -0.1) is 0 Å². The van der Waals surface area contributed by atoms with Gasteiger partial charge < -0.3 is 5.73 Å². The topological polar surface area (TPSA) is 56.7 Å². The molecule has 0 bridgehead atoms. The Hall–Kier alpha value is -2.07. The molecule has 0 spiro atoms. The van der Waals surface area contributed by atoms with Crippen LogP contribution < -0.4 is 5.73 Å². The van der Waals surface area contributed by atoms with Crippen LogP contribution in [0.15, 0.2) is 36.5 Å². The first-order valence-electron chi connectivity index (χ1n) is 6.07. The molecule has 2 N–H and O–H groups in total. The van der Waals surface area contributed by atoms with Gasteiger partial charge in [0.05, 0.1) is 16.2 Å². The summed E-state index contributed by atoms with van der Waals surface area (Å²) in [6.07, 6.45) is 1.73. The summed E-state index contributed by atoms with van der Waals surface area (Å²) in [7, 11) is 0. The molecule has 0 fully saturated rings. The van der Waals surface area contributed by atoms with Gasteiger partial charge in [0.25, 0.3) is 0 Å². The van der Waals surface area contributed by atoms with Crippen LogP contribution in [0.2, 0.25) is 5.02 Å². The van der Waals surface area contributed by atoms with Crippen LogP contribution in [0, 0.1) is 0 Å². The van der Waals surface area contributed by atoms with Crippen LogP contribution in [0.3, 0.4) is 0 Å². The van der Waals surface area contributed by atoms with Crippen molar-refractivity contribution in [3.8, 4) is 11.3 Å². The number of aryl methyl sites for hydroxylation is 1. The van der Waals surface area contributed by atoms with Crippen molar-refractivity contribution in [2.24, 2.45) is 0 Å². The molecule has 0 aliphatic rings. The second kappa shape index (κ2) is 4.55. The van der Waals surface area contributed by atoms with Gasteiger partial charge in [0.1, 0.15) is 0 Å². The molecule has 0 radical (unpaired) electrons. The average molecular weight is 273 g/mol. The number of fused-ring (bicyclic) bond motifs is 1. The Bertz CT molecular complexity index is 748. The number of hydrogen-bond acceptors (Lipinski definition) is 3. The van der Waals surface area contributed by atoms with E-state index in [9.17, 15) is 0 Å². The maximum atomic E-state index is 6.17. The monoisotopic (exact) mass is 272 g/mol. The fourth-order valence-electron chi connectivity index (χ4n) is 2.19. The average Bonchev–Trinajstić information content (AvgIpc) is 2.75. The fraction of sp³-hybridized carbons (Fsp3) is 0.143.